The van der Waals surface area contributed by atoms with Crippen molar-refractivity contribution in [3.63, 3.8) is 0 Å². The molecule has 2 aromatic carbocycles. The zero-order chi connectivity index (χ0) is 17.6. The Morgan fingerprint density at radius 3 is 2.32 bits per heavy atom. The number of nitrogens with one attached hydrogen (secondary N) is 1. The first-order chi connectivity index (χ1) is 12.2. The Kier molecular flexibility index (Phi) is 5.23. The first-order valence-corrected chi connectivity index (χ1v) is 8.51. The number of rotatable bonds is 6. The second-order valence-corrected chi connectivity index (χ2v) is 5.98. The van der Waals surface area contributed by atoms with Crippen molar-refractivity contribution in [2.24, 2.45) is 0 Å². The molecule has 0 saturated heterocycles. The van der Waals surface area contributed by atoms with Gasteiger partial charge in [-0.25, -0.2) is 0 Å². The van der Waals surface area contributed by atoms with Gasteiger partial charge >= 0.3 is 0 Å². The molecule has 0 spiro atoms. The van der Waals surface area contributed by atoms with E-state index in [0.29, 0.717) is 17.9 Å². The van der Waals surface area contributed by atoms with E-state index in [-0.39, 0.29) is 11.8 Å². The van der Waals surface area contributed by atoms with Crippen LogP contribution in [0.25, 0.3) is 5.69 Å². The minimum absolute atomic E-state index is 0.186. The van der Waals surface area contributed by atoms with Gasteiger partial charge in [-0.15, -0.1) is 5.10 Å². The molecule has 0 unspecified atom stereocenters. The molecule has 1 atom stereocenters. The number of aromatic nitrogens is 3. The Morgan fingerprint density at radius 2 is 1.68 bits per heavy atom. The van der Waals surface area contributed by atoms with Crippen molar-refractivity contribution in [2.75, 3.05) is 6.54 Å². The summed E-state index contributed by atoms with van der Waals surface area (Å²) in [5.41, 5.74) is 3.05. The van der Waals surface area contributed by atoms with Crippen LogP contribution in [0, 0.1) is 6.92 Å². The summed E-state index contributed by atoms with van der Waals surface area (Å²) in [5.74, 6) is 0.101. The van der Waals surface area contributed by atoms with E-state index in [2.05, 4.69) is 34.6 Å². The predicted octanol–water partition coefficient (Wildman–Crippen LogP) is 3.50. The fourth-order valence-corrected chi connectivity index (χ4v) is 2.79. The molecular weight excluding hydrogens is 312 g/mol. The summed E-state index contributed by atoms with van der Waals surface area (Å²) >= 11 is 0. The summed E-state index contributed by atoms with van der Waals surface area (Å²) in [4.78, 5) is 14.0. The number of hydrogen-bond acceptors (Lipinski definition) is 3. The highest BCUT2D eigenvalue weighted by atomic mass is 16.2. The lowest BCUT2D eigenvalue weighted by Crippen LogP contribution is -2.29. The Hall–Kier alpha value is -2.95. The number of para-hydroxylation sites is 1. The molecule has 25 heavy (non-hydrogen) atoms. The lowest BCUT2D eigenvalue weighted by molar-refractivity contribution is 0.0945. The molecule has 5 nitrogen and oxygen atoms in total. The van der Waals surface area contributed by atoms with Gasteiger partial charge in [0.1, 0.15) is 0 Å². The van der Waals surface area contributed by atoms with Crippen LogP contribution in [-0.2, 0) is 0 Å². The zero-order valence-corrected chi connectivity index (χ0v) is 14.5. The summed E-state index contributed by atoms with van der Waals surface area (Å²) < 4.78 is 0. The quantitative estimate of drug-likeness (QED) is 0.750. The van der Waals surface area contributed by atoms with Crippen LogP contribution in [0.3, 0.4) is 0 Å². The highest BCUT2D eigenvalue weighted by Crippen LogP contribution is 2.18. The average molecular weight is 334 g/mol. The van der Waals surface area contributed by atoms with Crippen molar-refractivity contribution in [1.82, 2.24) is 20.3 Å². The third-order valence-electron chi connectivity index (χ3n) is 4.26. The molecule has 0 radical (unpaired) electrons. The number of benzene rings is 2. The second kappa shape index (κ2) is 7.75. The van der Waals surface area contributed by atoms with E-state index in [1.54, 1.807) is 6.92 Å². The molecule has 0 aliphatic rings. The summed E-state index contributed by atoms with van der Waals surface area (Å²) in [5, 5.41) is 11.7. The molecule has 5 heteroatoms. The van der Waals surface area contributed by atoms with Crippen molar-refractivity contribution in [3.8, 4) is 5.69 Å². The van der Waals surface area contributed by atoms with E-state index in [9.17, 15) is 4.79 Å². The van der Waals surface area contributed by atoms with Crippen LogP contribution in [0.1, 0.15) is 41.0 Å². The number of amides is 1. The van der Waals surface area contributed by atoms with Gasteiger partial charge in [-0.3, -0.25) is 4.79 Å². The fourth-order valence-electron chi connectivity index (χ4n) is 2.79. The van der Waals surface area contributed by atoms with Crippen LogP contribution in [0.2, 0.25) is 0 Å². The lowest BCUT2D eigenvalue weighted by Gasteiger charge is -2.15. The van der Waals surface area contributed by atoms with Crippen LogP contribution < -0.4 is 5.32 Å². The molecule has 1 heterocycles. The highest BCUT2D eigenvalue weighted by Gasteiger charge is 2.18. The summed E-state index contributed by atoms with van der Waals surface area (Å²) in [6.45, 7) is 4.51. The summed E-state index contributed by atoms with van der Waals surface area (Å²) in [6, 6.07) is 19.8. The van der Waals surface area contributed by atoms with Gasteiger partial charge < -0.3 is 5.32 Å². The first-order valence-electron chi connectivity index (χ1n) is 8.51. The van der Waals surface area contributed by atoms with Gasteiger partial charge in [-0.1, -0.05) is 55.5 Å². The molecule has 0 aliphatic carbocycles. The molecule has 0 fully saturated rings. The number of nitrogens with zero attached hydrogens (tertiary/aromatic N) is 3. The van der Waals surface area contributed by atoms with Crippen molar-refractivity contribution in [3.05, 3.63) is 77.6 Å². The zero-order valence-electron chi connectivity index (χ0n) is 14.5. The average Bonchev–Trinajstić information content (AvgIpc) is 3.05. The number of aryl methyl sites for hydroxylation is 1. The van der Waals surface area contributed by atoms with E-state index in [1.807, 2.05) is 48.5 Å². The topological polar surface area (TPSA) is 59.8 Å². The molecule has 0 aliphatic heterocycles. The molecular formula is C20H22N4O. The van der Waals surface area contributed by atoms with Gasteiger partial charge in [0.2, 0.25) is 0 Å². The number of hydrogen-bond donors (Lipinski definition) is 1. The van der Waals surface area contributed by atoms with E-state index in [4.69, 9.17) is 0 Å². The van der Waals surface area contributed by atoms with Gasteiger partial charge in [-0.2, -0.15) is 9.90 Å². The van der Waals surface area contributed by atoms with Crippen LogP contribution in [0.4, 0.5) is 0 Å². The maximum Gasteiger partial charge on any atom is 0.273 e. The third-order valence-corrected chi connectivity index (χ3v) is 4.26. The molecule has 0 saturated carbocycles. The fraction of sp³-hybridized carbons (Fsp3) is 0.250. The summed E-state index contributed by atoms with van der Waals surface area (Å²) in [6.07, 6.45) is 0.958. The standard InChI is InChI=1S/C20H22N4O/c1-3-16(17-10-6-4-7-11-17)14-21-20(25)19-15(2)22-24(23-19)18-12-8-5-9-13-18/h4-13,16H,3,14H2,1-2H3,(H,21,25)/t16-/m0/s1. The van der Waals surface area contributed by atoms with Crippen molar-refractivity contribution < 1.29 is 4.79 Å². The molecule has 1 aromatic heterocycles. The molecule has 3 rings (SSSR count). The maximum absolute atomic E-state index is 12.5. The van der Waals surface area contributed by atoms with Gasteiger partial charge in [0.05, 0.1) is 11.4 Å². The second-order valence-electron chi connectivity index (χ2n) is 5.98. The SMILES string of the molecule is CC[C@@H](CNC(=O)c1nn(-c2ccccc2)nc1C)c1ccccc1. The van der Waals surface area contributed by atoms with Gasteiger partial charge in [0.25, 0.3) is 5.91 Å². The van der Waals surface area contributed by atoms with Crippen molar-refractivity contribution in [1.29, 1.82) is 0 Å². The van der Waals surface area contributed by atoms with Crippen LogP contribution in [0.5, 0.6) is 0 Å². The van der Waals surface area contributed by atoms with E-state index < -0.39 is 0 Å². The summed E-state index contributed by atoms with van der Waals surface area (Å²) in [7, 11) is 0. The van der Waals surface area contributed by atoms with Gasteiger partial charge in [0, 0.05) is 12.5 Å². The smallest absolute Gasteiger partial charge is 0.273 e. The van der Waals surface area contributed by atoms with E-state index in [0.717, 1.165) is 12.1 Å². The largest absolute Gasteiger partial charge is 0.350 e. The van der Waals surface area contributed by atoms with Crippen LogP contribution in [-0.4, -0.2) is 27.4 Å². The van der Waals surface area contributed by atoms with Crippen molar-refractivity contribution >= 4 is 5.91 Å². The molecule has 0 bridgehead atoms. The van der Waals surface area contributed by atoms with Gasteiger partial charge in [0.15, 0.2) is 5.69 Å². The molecule has 128 valence electrons. The minimum Gasteiger partial charge on any atom is -0.350 e. The Balaban J connectivity index is 1.70. The van der Waals surface area contributed by atoms with Crippen molar-refractivity contribution in [2.45, 2.75) is 26.2 Å². The normalized spacial score (nSPS) is 11.9. The molecule has 1 amide bonds. The first kappa shape index (κ1) is 16.9. The van der Waals surface area contributed by atoms with Crippen LogP contribution >= 0.6 is 0 Å². The molecule has 3 aromatic rings. The molecule has 1 N–H and O–H groups in total. The highest BCUT2D eigenvalue weighted by molar-refractivity contribution is 5.93. The van der Waals surface area contributed by atoms with E-state index >= 15 is 0 Å². The predicted molar refractivity (Wildman–Crippen MR) is 97.9 cm³/mol. The number of carbonyl (C=O) groups is 1. The minimum atomic E-state index is -0.186. The Labute approximate surface area is 147 Å². The lowest BCUT2D eigenvalue weighted by atomic mass is 9.96. The van der Waals surface area contributed by atoms with Crippen LogP contribution in [0.15, 0.2) is 60.7 Å². The Bertz CT molecular complexity index is 827. The third kappa shape index (κ3) is 3.94. The monoisotopic (exact) mass is 334 g/mol. The Morgan fingerprint density at radius 1 is 1.04 bits per heavy atom. The van der Waals surface area contributed by atoms with E-state index in [1.165, 1.54) is 10.4 Å². The van der Waals surface area contributed by atoms with Gasteiger partial charge in [-0.05, 0) is 31.0 Å². The number of carbonyl (C=O) groups excluding carboxylic acids is 1. The maximum atomic E-state index is 12.5.